The lowest BCUT2D eigenvalue weighted by molar-refractivity contribution is 0.0303. The van der Waals surface area contributed by atoms with Gasteiger partial charge in [-0.1, -0.05) is 12.1 Å². The quantitative estimate of drug-likeness (QED) is 0.907. The van der Waals surface area contributed by atoms with Crippen LogP contribution in [0.5, 0.6) is 0 Å². The van der Waals surface area contributed by atoms with E-state index in [9.17, 15) is 4.79 Å². The second kappa shape index (κ2) is 7.19. The minimum absolute atomic E-state index is 0.0566. The molecule has 1 aliphatic heterocycles. The highest BCUT2D eigenvalue weighted by molar-refractivity contribution is 5.94. The van der Waals surface area contributed by atoms with Gasteiger partial charge in [0.15, 0.2) is 5.82 Å². The van der Waals surface area contributed by atoms with E-state index < -0.39 is 0 Å². The molecule has 0 atom stereocenters. The van der Waals surface area contributed by atoms with Crippen molar-refractivity contribution in [1.29, 1.82) is 0 Å². The van der Waals surface area contributed by atoms with E-state index in [1.54, 1.807) is 12.4 Å². The first-order valence-electron chi connectivity index (χ1n) is 8.83. The van der Waals surface area contributed by atoms with Crippen molar-refractivity contribution >= 4 is 11.7 Å². The smallest absolute Gasteiger partial charge is 0.254 e. The van der Waals surface area contributed by atoms with Crippen LogP contribution in [0.1, 0.15) is 23.2 Å². The van der Waals surface area contributed by atoms with Crippen LogP contribution < -0.4 is 5.32 Å². The predicted octanol–water partition coefficient (Wildman–Crippen LogP) is 2.44. The molecule has 4 rings (SSSR count). The number of carbonyl (C=O) groups is 1. The molecule has 1 aromatic carbocycles. The second-order valence-electron chi connectivity index (χ2n) is 6.56. The molecule has 6 nitrogen and oxygen atoms in total. The Balaban J connectivity index is 1.50. The topological polar surface area (TPSA) is 67.4 Å². The summed E-state index contributed by atoms with van der Waals surface area (Å²) < 4.78 is 5.30. The summed E-state index contributed by atoms with van der Waals surface area (Å²) >= 11 is 0. The summed E-state index contributed by atoms with van der Waals surface area (Å²) in [5.41, 5.74) is 2.49. The Morgan fingerprint density at radius 2 is 1.84 bits per heavy atom. The Bertz CT molecular complexity index is 737. The van der Waals surface area contributed by atoms with E-state index >= 15 is 0 Å². The van der Waals surface area contributed by atoms with E-state index in [0.717, 1.165) is 29.5 Å². The minimum Gasteiger partial charge on any atom is -0.378 e. The number of hydrogen-bond acceptors (Lipinski definition) is 5. The van der Waals surface area contributed by atoms with Gasteiger partial charge in [0, 0.05) is 43.2 Å². The monoisotopic (exact) mass is 338 g/mol. The SMILES string of the molecule is O=C(c1ccc(-c2nccnc2NCC2CC2)cc1)N1CCOCC1. The van der Waals surface area contributed by atoms with Gasteiger partial charge >= 0.3 is 0 Å². The van der Waals surface area contributed by atoms with E-state index in [2.05, 4.69) is 15.3 Å². The van der Waals surface area contributed by atoms with E-state index in [-0.39, 0.29) is 5.91 Å². The molecule has 130 valence electrons. The van der Waals surface area contributed by atoms with Gasteiger partial charge in [-0.25, -0.2) is 4.98 Å². The lowest BCUT2D eigenvalue weighted by atomic mass is 10.1. The standard InChI is InChI=1S/C19H22N4O2/c24-19(23-9-11-25-12-10-23)16-5-3-15(4-6-16)17-18(21-8-7-20-17)22-13-14-1-2-14/h3-8,14H,1-2,9-13H2,(H,21,22). The summed E-state index contributed by atoms with van der Waals surface area (Å²) in [6.07, 6.45) is 5.99. The van der Waals surface area contributed by atoms with Crippen molar-refractivity contribution in [3.05, 3.63) is 42.2 Å². The highest BCUT2D eigenvalue weighted by atomic mass is 16.5. The third-order valence-electron chi connectivity index (χ3n) is 4.66. The first kappa shape index (κ1) is 16.0. The van der Waals surface area contributed by atoms with Crippen LogP contribution in [0.3, 0.4) is 0 Å². The number of hydrogen-bond donors (Lipinski definition) is 1. The van der Waals surface area contributed by atoms with Crippen LogP contribution in [-0.4, -0.2) is 53.6 Å². The van der Waals surface area contributed by atoms with Crippen LogP contribution >= 0.6 is 0 Å². The van der Waals surface area contributed by atoms with E-state index in [0.29, 0.717) is 31.9 Å². The maximum absolute atomic E-state index is 12.5. The molecule has 0 unspecified atom stereocenters. The molecule has 2 aliphatic rings. The van der Waals surface area contributed by atoms with E-state index in [1.807, 2.05) is 29.2 Å². The van der Waals surface area contributed by atoms with Crippen molar-refractivity contribution in [3.63, 3.8) is 0 Å². The van der Waals surface area contributed by atoms with Gasteiger partial charge in [0.2, 0.25) is 0 Å². The average molecular weight is 338 g/mol. The van der Waals surface area contributed by atoms with Crippen molar-refractivity contribution < 1.29 is 9.53 Å². The van der Waals surface area contributed by atoms with E-state index in [1.165, 1.54) is 12.8 Å². The lowest BCUT2D eigenvalue weighted by Gasteiger charge is -2.26. The number of aromatic nitrogens is 2. The predicted molar refractivity (Wildman–Crippen MR) is 95.4 cm³/mol. The minimum atomic E-state index is 0.0566. The molecule has 1 N–H and O–H groups in total. The van der Waals surface area contributed by atoms with Gasteiger partial charge in [0.25, 0.3) is 5.91 Å². The molecule has 25 heavy (non-hydrogen) atoms. The molecule has 2 heterocycles. The zero-order chi connectivity index (χ0) is 17.1. The van der Waals surface area contributed by atoms with Crippen molar-refractivity contribution in [3.8, 4) is 11.3 Å². The highest BCUT2D eigenvalue weighted by Crippen LogP contribution is 2.30. The molecule has 2 aromatic rings. The first-order chi connectivity index (χ1) is 12.3. The molecular formula is C19H22N4O2. The number of nitrogens with zero attached hydrogens (tertiary/aromatic N) is 3. The third kappa shape index (κ3) is 3.79. The van der Waals surface area contributed by atoms with Gasteiger partial charge in [-0.05, 0) is 30.9 Å². The molecule has 1 amide bonds. The number of anilines is 1. The Morgan fingerprint density at radius 1 is 1.12 bits per heavy atom. The Morgan fingerprint density at radius 3 is 2.56 bits per heavy atom. The van der Waals surface area contributed by atoms with E-state index in [4.69, 9.17) is 4.74 Å². The number of morpholine rings is 1. The van der Waals surface area contributed by atoms with Crippen LogP contribution in [0.15, 0.2) is 36.7 Å². The summed E-state index contributed by atoms with van der Waals surface area (Å²) in [7, 11) is 0. The normalized spacial score (nSPS) is 17.4. The molecule has 1 aromatic heterocycles. The lowest BCUT2D eigenvalue weighted by Crippen LogP contribution is -2.40. The molecule has 2 fully saturated rings. The van der Waals surface area contributed by atoms with Gasteiger partial charge < -0.3 is 15.0 Å². The second-order valence-corrected chi connectivity index (χ2v) is 6.56. The van der Waals surface area contributed by atoms with Crippen LogP contribution in [0.2, 0.25) is 0 Å². The Hall–Kier alpha value is -2.47. The van der Waals surface area contributed by atoms with Crippen molar-refractivity contribution in [2.75, 3.05) is 38.2 Å². The highest BCUT2D eigenvalue weighted by Gasteiger charge is 2.22. The number of rotatable bonds is 5. The number of amides is 1. The molecule has 0 radical (unpaired) electrons. The van der Waals surface area contributed by atoms with Crippen LogP contribution in [0.25, 0.3) is 11.3 Å². The van der Waals surface area contributed by atoms with Crippen LogP contribution in [-0.2, 0) is 4.74 Å². The Kier molecular flexibility index (Phi) is 4.61. The van der Waals surface area contributed by atoms with Crippen molar-refractivity contribution in [1.82, 2.24) is 14.9 Å². The Labute approximate surface area is 147 Å². The van der Waals surface area contributed by atoms with Gasteiger partial charge in [-0.3, -0.25) is 9.78 Å². The first-order valence-corrected chi connectivity index (χ1v) is 8.83. The maximum atomic E-state index is 12.5. The van der Waals surface area contributed by atoms with Crippen LogP contribution in [0.4, 0.5) is 5.82 Å². The molecular weight excluding hydrogens is 316 g/mol. The molecule has 0 bridgehead atoms. The summed E-state index contributed by atoms with van der Waals surface area (Å²) in [6, 6.07) is 7.62. The number of carbonyl (C=O) groups excluding carboxylic acids is 1. The molecule has 1 saturated carbocycles. The molecule has 1 saturated heterocycles. The average Bonchev–Trinajstić information content (AvgIpc) is 3.51. The summed E-state index contributed by atoms with van der Waals surface area (Å²) in [6.45, 7) is 3.47. The summed E-state index contributed by atoms with van der Waals surface area (Å²) in [4.78, 5) is 23.3. The summed E-state index contributed by atoms with van der Waals surface area (Å²) in [5.74, 6) is 1.63. The fourth-order valence-electron chi connectivity index (χ4n) is 2.96. The largest absolute Gasteiger partial charge is 0.378 e. The van der Waals surface area contributed by atoms with Crippen molar-refractivity contribution in [2.24, 2.45) is 5.92 Å². The zero-order valence-electron chi connectivity index (χ0n) is 14.1. The van der Waals surface area contributed by atoms with Gasteiger partial charge in [-0.2, -0.15) is 0 Å². The zero-order valence-corrected chi connectivity index (χ0v) is 14.1. The molecule has 0 spiro atoms. The molecule has 6 heteroatoms. The summed E-state index contributed by atoms with van der Waals surface area (Å²) in [5, 5.41) is 3.40. The maximum Gasteiger partial charge on any atom is 0.254 e. The third-order valence-corrected chi connectivity index (χ3v) is 4.66. The fourth-order valence-corrected chi connectivity index (χ4v) is 2.96. The molecule has 1 aliphatic carbocycles. The van der Waals surface area contributed by atoms with Gasteiger partial charge in [-0.15, -0.1) is 0 Å². The van der Waals surface area contributed by atoms with Gasteiger partial charge in [0.05, 0.1) is 13.2 Å². The fraction of sp³-hybridized carbons (Fsp3) is 0.421. The van der Waals surface area contributed by atoms with Crippen molar-refractivity contribution in [2.45, 2.75) is 12.8 Å². The van der Waals surface area contributed by atoms with Gasteiger partial charge in [0.1, 0.15) is 5.69 Å². The number of nitrogens with one attached hydrogen (secondary N) is 1. The van der Waals surface area contributed by atoms with Crippen LogP contribution in [0, 0.1) is 5.92 Å². The number of ether oxygens (including phenoxy) is 1. The number of benzene rings is 1.